The smallest absolute Gasteiger partial charge is 0.417 e. The number of piperidine rings is 1. The molecule has 0 unspecified atom stereocenters. The van der Waals surface area contributed by atoms with Crippen LogP contribution in [0.15, 0.2) is 18.2 Å². The molecular formula is C29H28F6N6OS. The average molecular weight is 623 g/mol. The molecule has 2 aromatic carbocycles. The summed E-state index contributed by atoms with van der Waals surface area (Å²) < 4.78 is 95.4. The highest BCUT2D eigenvalue weighted by Gasteiger charge is 2.49. The molecule has 0 saturated carbocycles. The second-order valence-electron chi connectivity index (χ2n) is 11.6. The Balaban J connectivity index is 1.42. The predicted octanol–water partition coefficient (Wildman–Crippen LogP) is 6.73. The van der Waals surface area contributed by atoms with Crippen LogP contribution < -0.4 is 15.4 Å². The first-order chi connectivity index (χ1) is 20.5. The van der Waals surface area contributed by atoms with Crippen molar-refractivity contribution in [1.29, 1.82) is 0 Å². The van der Waals surface area contributed by atoms with E-state index >= 15 is 4.39 Å². The minimum atomic E-state index is -4.97. The molecule has 0 spiro atoms. The zero-order valence-electron chi connectivity index (χ0n) is 23.0. The number of nitrogen functional groups attached to an aromatic ring is 1. The van der Waals surface area contributed by atoms with Gasteiger partial charge in [0.1, 0.15) is 29.9 Å². The maximum Gasteiger partial charge on any atom is 0.417 e. The maximum absolute atomic E-state index is 16.6. The van der Waals surface area contributed by atoms with E-state index in [2.05, 4.69) is 19.9 Å². The number of thiazole rings is 1. The van der Waals surface area contributed by atoms with Crippen LogP contribution in [-0.4, -0.2) is 64.3 Å². The van der Waals surface area contributed by atoms with Crippen LogP contribution in [0, 0.1) is 11.6 Å². The molecule has 3 aliphatic rings. The van der Waals surface area contributed by atoms with Gasteiger partial charge < -0.3 is 15.4 Å². The van der Waals surface area contributed by atoms with Gasteiger partial charge in [0.15, 0.2) is 10.9 Å². The summed E-state index contributed by atoms with van der Waals surface area (Å²) >= 11 is 0.765. The van der Waals surface area contributed by atoms with E-state index in [0.29, 0.717) is 26.1 Å². The van der Waals surface area contributed by atoms with Gasteiger partial charge in [0.05, 0.1) is 21.3 Å². The molecule has 2 aromatic heterocycles. The van der Waals surface area contributed by atoms with Crippen LogP contribution >= 0.6 is 11.3 Å². The lowest BCUT2D eigenvalue weighted by molar-refractivity contribution is -0.137. The van der Waals surface area contributed by atoms with E-state index in [0.717, 1.165) is 68.2 Å². The summed E-state index contributed by atoms with van der Waals surface area (Å²) in [5, 5.41) is -0.173. The van der Waals surface area contributed by atoms with Gasteiger partial charge in [-0.2, -0.15) is 23.1 Å². The van der Waals surface area contributed by atoms with Crippen LogP contribution in [0.2, 0.25) is 0 Å². The zero-order chi connectivity index (χ0) is 30.1. The van der Waals surface area contributed by atoms with Crippen molar-refractivity contribution in [3.05, 3.63) is 35.4 Å². The van der Waals surface area contributed by atoms with Gasteiger partial charge >= 0.3 is 12.2 Å². The van der Waals surface area contributed by atoms with E-state index in [1.165, 1.54) is 0 Å². The Morgan fingerprint density at radius 1 is 1.02 bits per heavy atom. The summed E-state index contributed by atoms with van der Waals surface area (Å²) in [5.41, 5.74) is 2.39. The molecule has 7 rings (SSSR count). The topological polar surface area (TPSA) is 80.4 Å². The third-order valence-electron chi connectivity index (χ3n) is 8.86. The van der Waals surface area contributed by atoms with Crippen molar-refractivity contribution in [3.8, 4) is 17.1 Å². The lowest BCUT2D eigenvalue weighted by Gasteiger charge is -2.32. The van der Waals surface area contributed by atoms with Crippen LogP contribution in [0.3, 0.4) is 0 Å². The van der Waals surface area contributed by atoms with Crippen molar-refractivity contribution in [2.45, 2.75) is 56.4 Å². The number of hydrogen-bond donors (Lipinski definition) is 1. The highest BCUT2D eigenvalue weighted by Crippen LogP contribution is 2.46. The maximum atomic E-state index is 16.6. The predicted molar refractivity (Wildman–Crippen MR) is 152 cm³/mol. The first-order valence-electron chi connectivity index (χ1n) is 14.3. The highest BCUT2D eigenvalue weighted by molar-refractivity contribution is 7.22. The number of anilines is 2. The standard InChI is InChI=1S/C29H28F6N6OS/c30-15-12-28(7-4-10-41(28)13-15)14-42-27-38-22-17(25(39-27)40-8-2-1-3-9-40)11-18(29(33,34)35)20(21(22)32)16-5-6-19(31)24-23(16)37-26(36)43-24/h5-6,11,15H,1-4,7-10,12-14H2,(H2,36,37)/t15-,28+/m1/s1. The zero-order valence-corrected chi connectivity index (χ0v) is 23.8. The van der Waals surface area contributed by atoms with Gasteiger partial charge in [-0.25, -0.2) is 18.2 Å². The number of nitrogens with two attached hydrogens (primary N) is 1. The molecule has 5 heterocycles. The van der Waals surface area contributed by atoms with Crippen LogP contribution in [0.5, 0.6) is 6.01 Å². The van der Waals surface area contributed by atoms with Crippen molar-refractivity contribution in [2.75, 3.05) is 43.4 Å². The Morgan fingerprint density at radius 3 is 2.58 bits per heavy atom. The molecule has 0 amide bonds. The van der Waals surface area contributed by atoms with E-state index in [-0.39, 0.29) is 50.2 Å². The fourth-order valence-corrected chi connectivity index (χ4v) is 7.69. The minimum Gasteiger partial charge on any atom is -0.461 e. The molecule has 2 N–H and O–H groups in total. The third kappa shape index (κ3) is 4.82. The third-order valence-corrected chi connectivity index (χ3v) is 9.76. The van der Waals surface area contributed by atoms with Crippen molar-refractivity contribution >= 4 is 43.4 Å². The van der Waals surface area contributed by atoms with Gasteiger partial charge in [0, 0.05) is 42.6 Å². The molecule has 0 bridgehead atoms. The van der Waals surface area contributed by atoms with E-state index < -0.39 is 40.6 Å². The van der Waals surface area contributed by atoms with Gasteiger partial charge in [-0.05, 0) is 56.8 Å². The van der Waals surface area contributed by atoms with Crippen molar-refractivity contribution in [3.63, 3.8) is 0 Å². The molecule has 4 aromatic rings. The Morgan fingerprint density at radius 2 is 1.81 bits per heavy atom. The van der Waals surface area contributed by atoms with Crippen LogP contribution in [-0.2, 0) is 6.18 Å². The summed E-state index contributed by atoms with van der Waals surface area (Å²) in [6.07, 6.45) is -1.51. The van der Waals surface area contributed by atoms with Gasteiger partial charge in [-0.15, -0.1) is 0 Å². The Labute approximate surface area is 246 Å². The number of fused-ring (bicyclic) bond motifs is 3. The summed E-state index contributed by atoms with van der Waals surface area (Å²) in [4.78, 5) is 16.7. The largest absolute Gasteiger partial charge is 0.461 e. The number of halogens is 6. The Bertz CT molecular complexity index is 1720. The molecule has 2 atom stereocenters. The average Bonchev–Trinajstić information content (AvgIpc) is 3.64. The first-order valence-corrected chi connectivity index (χ1v) is 15.1. The molecular weight excluding hydrogens is 594 g/mol. The quantitative estimate of drug-likeness (QED) is 0.247. The summed E-state index contributed by atoms with van der Waals surface area (Å²) in [6, 6.07) is 2.71. The minimum absolute atomic E-state index is 0.0655. The molecule has 43 heavy (non-hydrogen) atoms. The fraction of sp³-hybridized carbons (Fsp3) is 0.483. The Kier molecular flexibility index (Phi) is 6.84. The molecule has 3 aliphatic heterocycles. The van der Waals surface area contributed by atoms with Gasteiger partial charge in [-0.3, -0.25) is 4.90 Å². The number of hydrogen-bond acceptors (Lipinski definition) is 8. The van der Waals surface area contributed by atoms with E-state index in [4.69, 9.17) is 10.5 Å². The monoisotopic (exact) mass is 622 g/mol. The van der Waals surface area contributed by atoms with Gasteiger partial charge in [0.25, 0.3) is 0 Å². The van der Waals surface area contributed by atoms with Gasteiger partial charge in [-0.1, -0.05) is 11.3 Å². The summed E-state index contributed by atoms with van der Waals surface area (Å²) in [5.74, 6) is -1.83. The highest BCUT2D eigenvalue weighted by atomic mass is 32.1. The van der Waals surface area contributed by atoms with E-state index in [9.17, 15) is 22.0 Å². The summed E-state index contributed by atoms with van der Waals surface area (Å²) in [6.45, 7) is 2.17. The SMILES string of the molecule is Nc1nc2c(-c3c(C(F)(F)F)cc4c(N5CCCCC5)nc(OC[C@@]56CCCN5C[C@H](F)C6)nc4c3F)ccc(F)c2s1. The number of aromatic nitrogens is 3. The molecule has 3 fully saturated rings. The van der Waals surface area contributed by atoms with Gasteiger partial charge in [0.2, 0.25) is 0 Å². The molecule has 3 saturated heterocycles. The van der Waals surface area contributed by atoms with Crippen molar-refractivity contribution in [1.82, 2.24) is 19.9 Å². The first kappa shape index (κ1) is 28.4. The fourth-order valence-electron chi connectivity index (χ4n) is 6.93. The van der Waals surface area contributed by atoms with Crippen LogP contribution in [0.4, 0.5) is 37.3 Å². The number of nitrogens with zero attached hydrogens (tertiary/aromatic N) is 5. The molecule has 0 aliphatic carbocycles. The lowest BCUT2D eigenvalue weighted by atomic mass is 9.94. The number of alkyl halides is 4. The van der Waals surface area contributed by atoms with Crippen LogP contribution in [0.25, 0.3) is 32.2 Å². The normalized spacial score (nSPS) is 23.0. The van der Waals surface area contributed by atoms with Crippen molar-refractivity contribution < 1.29 is 31.1 Å². The Hall–Kier alpha value is -3.39. The second kappa shape index (κ2) is 10.4. The molecule has 0 radical (unpaired) electrons. The summed E-state index contributed by atoms with van der Waals surface area (Å²) in [7, 11) is 0. The molecule has 228 valence electrons. The lowest BCUT2D eigenvalue weighted by Crippen LogP contribution is -2.43. The van der Waals surface area contributed by atoms with E-state index in [1.807, 2.05) is 4.90 Å². The molecule has 7 nitrogen and oxygen atoms in total. The number of rotatable bonds is 5. The number of ether oxygens (including phenoxy) is 1. The van der Waals surface area contributed by atoms with Crippen molar-refractivity contribution in [2.24, 2.45) is 0 Å². The van der Waals surface area contributed by atoms with Crippen LogP contribution in [0.1, 0.15) is 44.1 Å². The number of benzene rings is 2. The molecule has 14 heteroatoms. The van der Waals surface area contributed by atoms with E-state index in [1.54, 1.807) is 0 Å². The second-order valence-corrected chi connectivity index (χ2v) is 12.6.